The van der Waals surface area contributed by atoms with Gasteiger partial charge >= 0.3 is 0 Å². The number of hydrogen-bond donors (Lipinski definition) is 0. The summed E-state index contributed by atoms with van der Waals surface area (Å²) in [6.07, 6.45) is 1.68. The summed E-state index contributed by atoms with van der Waals surface area (Å²) in [5, 5.41) is 0.653. The molecule has 3 rings (SSSR count). The van der Waals surface area contributed by atoms with Crippen LogP contribution >= 0.6 is 15.9 Å². The lowest BCUT2D eigenvalue weighted by Gasteiger charge is -2.19. The lowest BCUT2D eigenvalue weighted by molar-refractivity contribution is 0.467. The molecule has 6 heteroatoms. The third-order valence-corrected chi connectivity index (χ3v) is 6.33. The molecule has 4 nitrogen and oxygen atoms in total. The fraction of sp³-hybridized carbons (Fsp3) is 0.167. The minimum Gasteiger partial charge on any atom is -0.256 e. The van der Waals surface area contributed by atoms with Crippen molar-refractivity contribution < 1.29 is 8.42 Å². The number of pyridine rings is 1. The molecule has 3 aromatic rings. The molecule has 0 saturated heterocycles. The minimum absolute atomic E-state index is 0.288. The summed E-state index contributed by atoms with van der Waals surface area (Å²) in [5.74, 6) is 0. The van der Waals surface area contributed by atoms with Crippen LogP contribution in [0.25, 0.3) is 10.9 Å². The second kappa shape index (κ2) is 6.63. The van der Waals surface area contributed by atoms with Crippen LogP contribution in [0.3, 0.4) is 0 Å². The first-order chi connectivity index (χ1) is 11.4. The van der Waals surface area contributed by atoms with Crippen LogP contribution in [0.5, 0.6) is 0 Å². The maximum atomic E-state index is 13.0. The predicted octanol–water partition coefficient (Wildman–Crippen LogP) is 4.13. The Bertz CT molecular complexity index is 986. The molecule has 2 aromatic carbocycles. The van der Waals surface area contributed by atoms with Gasteiger partial charge in [-0.15, -0.1) is 0 Å². The number of rotatable bonds is 4. The Hall–Kier alpha value is -1.76. The fourth-order valence-corrected chi connectivity index (χ4v) is 4.21. The van der Waals surface area contributed by atoms with Gasteiger partial charge in [0.25, 0.3) is 0 Å². The Labute approximate surface area is 150 Å². The van der Waals surface area contributed by atoms with Crippen molar-refractivity contribution >= 4 is 36.9 Å². The minimum atomic E-state index is -3.61. The molecular formula is C18H17BrN2O2S. The average Bonchev–Trinajstić information content (AvgIpc) is 2.57. The molecule has 0 bridgehead atoms. The van der Waals surface area contributed by atoms with Crippen LogP contribution in [0, 0.1) is 6.92 Å². The van der Waals surface area contributed by atoms with Gasteiger partial charge in [-0.3, -0.25) is 4.98 Å². The first kappa shape index (κ1) is 17.1. The Balaban J connectivity index is 2.01. The van der Waals surface area contributed by atoms with Crippen LogP contribution < -0.4 is 0 Å². The number of benzene rings is 2. The summed E-state index contributed by atoms with van der Waals surface area (Å²) in [6, 6.07) is 14.6. The van der Waals surface area contributed by atoms with Gasteiger partial charge in [-0.1, -0.05) is 34.1 Å². The van der Waals surface area contributed by atoms with Crippen molar-refractivity contribution in [2.45, 2.75) is 18.4 Å². The van der Waals surface area contributed by atoms with Crippen molar-refractivity contribution in [2.24, 2.45) is 0 Å². The van der Waals surface area contributed by atoms with Gasteiger partial charge in [0.15, 0.2) is 0 Å². The van der Waals surface area contributed by atoms with Gasteiger partial charge in [0, 0.05) is 29.6 Å². The number of sulfonamides is 1. The molecule has 124 valence electrons. The topological polar surface area (TPSA) is 50.3 Å². The van der Waals surface area contributed by atoms with E-state index in [4.69, 9.17) is 0 Å². The van der Waals surface area contributed by atoms with E-state index in [2.05, 4.69) is 20.9 Å². The summed E-state index contributed by atoms with van der Waals surface area (Å²) in [4.78, 5) is 4.61. The lowest BCUT2D eigenvalue weighted by atomic mass is 10.1. The Morgan fingerprint density at radius 2 is 1.79 bits per heavy atom. The van der Waals surface area contributed by atoms with E-state index in [1.807, 2.05) is 31.2 Å². The summed E-state index contributed by atoms with van der Waals surface area (Å²) >= 11 is 3.38. The Morgan fingerprint density at radius 3 is 2.50 bits per heavy atom. The van der Waals surface area contributed by atoms with E-state index in [0.29, 0.717) is 11.9 Å². The smallest absolute Gasteiger partial charge is 0.243 e. The maximum Gasteiger partial charge on any atom is 0.243 e. The summed E-state index contributed by atoms with van der Waals surface area (Å²) in [6.45, 7) is 2.24. The molecule has 0 radical (unpaired) electrons. The van der Waals surface area contributed by atoms with E-state index >= 15 is 0 Å². The van der Waals surface area contributed by atoms with Gasteiger partial charge in [-0.2, -0.15) is 4.31 Å². The van der Waals surface area contributed by atoms with Crippen molar-refractivity contribution in [3.05, 3.63) is 70.3 Å². The SMILES string of the molecule is Cc1ccc(S(=O)(=O)N(C)Cc2ccc(Br)cc2)c2cccnc12. The van der Waals surface area contributed by atoms with Gasteiger partial charge in [-0.05, 0) is 48.4 Å². The number of halogens is 1. The third kappa shape index (κ3) is 3.22. The second-order valence-corrected chi connectivity index (χ2v) is 8.60. The third-order valence-electron chi connectivity index (χ3n) is 3.94. The highest BCUT2D eigenvalue weighted by Gasteiger charge is 2.23. The maximum absolute atomic E-state index is 13.0. The van der Waals surface area contributed by atoms with E-state index in [1.165, 1.54) is 4.31 Å². The predicted molar refractivity (Wildman–Crippen MR) is 99.3 cm³/mol. The zero-order chi connectivity index (χ0) is 17.3. The molecule has 1 aromatic heterocycles. The summed E-state index contributed by atoms with van der Waals surface area (Å²) in [7, 11) is -2.01. The van der Waals surface area contributed by atoms with Crippen molar-refractivity contribution in [3.63, 3.8) is 0 Å². The number of hydrogen-bond acceptors (Lipinski definition) is 3. The highest BCUT2D eigenvalue weighted by atomic mass is 79.9. The first-order valence-electron chi connectivity index (χ1n) is 7.45. The molecule has 0 fully saturated rings. The second-order valence-electron chi connectivity index (χ2n) is 5.67. The quantitative estimate of drug-likeness (QED) is 0.656. The fourth-order valence-electron chi connectivity index (χ4n) is 2.61. The number of aryl methyl sites for hydroxylation is 1. The molecule has 0 aliphatic carbocycles. The van der Waals surface area contributed by atoms with Crippen LogP contribution in [0.1, 0.15) is 11.1 Å². The zero-order valence-corrected chi connectivity index (χ0v) is 15.8. The molecule has 0 spiro atoms. The van der Waals surface area contributed by atoms with E-state index in [-0.39, 0.29) is 4.90 Å². The molecule has 0 aliphatic heterocycles. The number of aromatic nitrogens is 1. The van der Waals surface area contributed by atoms with Gasteiger partial charge in [0.1, 0.15) is 0 Å². The molecule has 1 heterocycles. The van der Waals surface area contributed by atoms with E-state index < -0.39 is 10.0 Å². The van der Waals surface area contributed by atoms with Crippen LogP contribution in [-0.2, 0) is 16.6 Å². The van der Waals surface area contributed by atoms with Crippen molar-refractivity contribution in [2.75, 3.05) is 7.05 Å². The van der Waals surface area contributed by atoms with Crippen LogP contribution in [-0.4, -0.2) is 24.8 Å². The van der Waals surface area contributed by atoms with Crippen molar-refractivity contribution in [3.8, 4) is 0 Å². The molecule has 0 aliphatic rings. The highest BCUT2D eigenvalue weighted by molar-refractivity contribution is 9.10. The average molecular weight is 405 g/mol. The molecule has 0 atom stereocenters. The van der Waals surface area contributed by atoms with Crippen LogP contribution in [0.15, 0.2) is 64.1 Å². The summed E-state index contributed by atoms with van der Waals surface area (Å²) < 4.78 is 28.4. The normalized spacial score (nSPS) is 12.0. The largest absolute Gasteiger partial charge is 0.256 e. The van der Waals surface area contributed by atoms with Crippen LogP contribution in [0.2, 0.25) is 0 Å². The van der Waals surface area contributed by atoms with E-state index in [1.54, 1.807) is 37.5 Å². The number of nitrogens with zero attached hydrogens (tertiary/aromatic N) is 2. The molecule has 24 heavy (non-hydrogen) atoms. The van der Waals surface area contributed by atoms with Gasteiger partial charge in [-0.25, -0.2) is 8.42 Å². The highest BCUT2D eigenvalue weighted by Crippen LogP contribution is 2.27. The molecule has 0 amide bonds. The zero-order valence-electron chi connectivity index (χ0n) is 13.4. The molecule has 0 unspecified atom stereocenters. The Kier molecular flexibility index (Phi) is 4.71. The van der Waals surface area contributed by atoms with Gasteiger partial charge in [0.05, 0.1) is 10.4 Å². The lowest BCUT2D eigenvalue weighted by Crippen LogP contribution is -2.26. The van der Waals surface area contributed by atoms with Gasteiger partial charge < -0.3 is 0 Å². The summed E-state index contributed by atoms with van der Waals surface area (Å²) in [5.41, 5.74) is 2.61. The standard InChI is InChI=1S/C18H17BrN2O2S/c1-13-5-10-17(16-4-3-11-20-18(13)16)24(22,23)21(2)12-14-6-8-15(19)9-7-14/h3-11H,12H2,1-2H3. The van der Waals surface area contributed by atoms with Gasteiger partial charge in [0.2, 0.25) is 10.0 Å². The van der Waals surface area contributed by atoms with Crippen molar-refractivity contribution in [1.82, 2.24) is 9.29 Å². The monoisotopic (exact) mass is 404 g/mol. The first-order valence-corrected chi connectivity index (χ1v) is 9.68. The molecule has 0 N–H and O–H groups in total. The van der Waals surface area contributed by atoms with Crippen molar-refractivity contribution in [1.29, 1.82) is 0 Å². The van der Waals surface area contributed by atoms with Crippen LogP contribution in [0.4, 0.5) is 0 Å². The molecular weight excluding hydrogens is 388 g/mol. The Morgan fingerprint density at radius 1 is 1.08 bits per heavy atom. The molecule has 0 saturated carbocycles. The number of fused-ring (bicyclic) bond motifs is 1. The van der Waals surface area contributed by atoms with E-state index in [0.717, 1.165) is 21.1 Å². The van der Waals surface area contributed by atoms with E-state index in [9.17, 15) is 8.42 Å².